The number of hydrogen-bond acceptors (Lipinski definition) is 3. The number of nitrogens with zero attached hydrogens (tertiary/aromatic N) is 1. The molecule has 2 unspecified atom stereocenters. The summed E-state index contributed by atoms with van der Waals surface area (Å²) in [5, 5.41) is 0. The van der Waals surface area contributed by atoms with Crippen molar-refractivity contribution >= 4 is 5.97 Å². The van der Waals surface area contributed by atoms with E-state index in [0.717, 1.165) is 12.8 Å². The van der Waals surface area contributed by atoms with Gasteiger partial charge < -0.3 is 9.64 Å². The van der Waals surface area contributed by atoms with Crippen LogP contribution in [-0.2, 0) is 9.53 Å². The summed E-state index contributed by atoms with van der Waals surface area (Å²) in [4.78, 5) is 13.9. The van der Waals surface area contributed by atoms with Crippen molar-refractivity contribution in [1.82, 2.24) is 4.90 Å². The van der Waals surface area contributed by atoms with Crippen molar-refractivity contribution in [3.05, 3.63) is 0 Å². The minimum Gasteiger partial charge on any atom is -0.469 e. The molecule has 0 amide bonds. The Kier molecular flexibility index (Phi) is 3.01. The molecular formula is C12H21NO2. The van der Waals surface area contributed by atoms with E-state index in [2.05, 4.69) is 11.9 Å². The Balaban J connectivity index is 2.01. The van der Waals surface area contributed by atoms with Crippen LogP contribution in [0.15, 0.2) is 0 Å². The van der Waals surface area contributed by atoms with E-state index in [-0.39, 0.29) is 11.9 Å². The Bertz CT molecular complexity index is 250. The summed E-state index contributed by atoms with van der Waals surface area (Å²) in [6.07, 6.45) is 5.82. The van der Waals surface area contributed by atoms with E-state index in [1.807, 2.05) is 0 Å². The van der Waals surface area contributed by atoms with Crippen molar-refractivity contribution in [3.8, 4) is 0 Å². The van der Waals surface area contributed by atoms with Crippen molar-refractivity contribution in [2.45, 2.75) is 32.1 Å². The van der Waals surface area contributed by atoms with Gasteiger partial charge in [0.1, 0.15) is 0 Å². The third-order valence-electron chi connectivity index (χ3n) is 4.10. The molecule has 1 spiro atoms. The Morgan fingerprint density at radius 3 is 2.87 bits per heavy atom. The zero-order valence-electron chi connectivity index (χ0n) is 9.79. The maximum atomic E-state index is 11.6. The van der Waals surface area contributed by atoms with Gasteiger partial charge in [-0.15, -0.1) is 0 Å². The van der Waals surface area contributed by atoms with Crippen molar-refractivity contribution in [1.29, 1.82) is 0 Å². The molecule has 3 heteroatoms. The van der Waals surface area contributed by atoms with Crippen molar-refractivity contribution in [3.63, 3.8) is 0 Å². The maximum Gasteiger partial charge on any atom is 0.308 e. The van der Waals surface area contributed by atoms with Crippen LogP contribution in [0.4, 0.5) is 0 Å². The fourth-order valence-corrected chi connectivity index (χ4v) is 3.35. The van der Waals surface area contributed by atoms with Gasteiger partial charge >= 0.3 is 5.97 Å². The Hall–Kier alpha value is -0.570. The maximum absolute atomic E-state index is 11.6. The third-order valence-corrected chi connectivity index (χ3v) is 4.10. The quantitative estimate of drug-likeness (QED) is 0.618. The minimum absolute atomic E-state index is 0.00336. The lowest BCUT2D eigenvalue weighted by Crippen LogP contribution is -2.34. The molecule has 0 aromatic carbocycles. The molecule has 0 aromatic rings. The number of esters is 1. The largest absolute Gasteiger partial charge is 0.469 e. The highest BCUT2D eigenvalue weighted by Gasteiger charge is 2.42. The highest BCUT2D eigenvalue weighted by atomic mass is 16.5. The number of carbonyl (C=O) groups excluding carboxylic acids is 1. The van der Waals surface area contributed by atoms with E-state index in [1.165, 1.54) is 39.5 Å². The van der Waals surface area contributed by atoms with Crippen molar-refractivity contribution in [2.75, 3.05) is 27.2 Å². The molecule has 2 fully saturated rings. The summed E-state index contributed by atoms with van der Waals surface area (Å²) in [5.41, 5.74) is 0.422. The van der Waals surface area contributed by atoms with Gasteiger partial charge in [0.25, 0.3) is 0 Å². The predicted molar refractivity (Wildman–Crippen MR) is 58.5 cm³/mol. The van der Waals surface area contributed by atoms with Crippen LogP contribution < -0.4 is 0 Å². The molecule has 0 bridgehead atoms. The Morgan fingerprint density at radius 2 is 2.27 bits per heavy atom. The van der Waals surface area contributed by atoms with Gasteiger partial charge in [0.05, 0.1) is 13.0 Å². The number of carbonyl (C=O) groups is 1. The first-order valence-corrected chi connectivity index (χ1v) is 5.92. The molecule has 0 N–H and O–H groups in total. The Labute approximate surface area is 91.8 Å². The molecule has 0 aromatic heterocycles. The SMILES string of the molecule is COC(=O)C1CCCC2(CCN(C)C2)C1. The predicted octanol–water partition coefficient (Wildman–Crippen LogP) is 1.67. The van der Waals surface area contributed by atoms with E-state index < -0.39 is 0 Å². The number of hydrogen-bond donors (Lipinski definition) is 0. The first-order chi connectivity index (χ1) is 7.15. The molecule has 1 aliphatic heterocycles. The van der Waals surface area contributed by atoms with Crippen molar-refractivity contribution in [2.24, 2.45) is 11.3 Å². The number of likely N-dealkylation sites (tertiary alicyclic amines) is 1. The molecule has 3 nitrogen and oxygen atoms in total. The Morgan fingerprint density at radius 1 is 1.47 bits per heavy atom. The number of methoxy groups -OCH3 is 1. The summed E-state index contributed by atoms with van der Waals surface area (Å²) in [7, 11) is 3.68. The van der Waals surface area contributed by atoms with Crippen LogP contribution in [0.3, 0.4) is 0 Å². The second-order valence-corrected chi connectivity index (χ2v) is 5.30. The van der Waals surface area contributed by atoms with Crippen LogP contribution in [0.2, 0.25) is 0 Å². The van der Waals surface area contributed by atoms with Crippen LogP contribution in [-0.4, -0.2) is 38.1 Å². The summed E-state index contributed by atoms with van der Waals surface area (Å²) in [6, 6.07) is 0. The molecule has 15 heavy (non-hydrogen) atoms. The molecule has 1 saturated carbocycles. The highest BCUT2D eigenvalue weighted by Crippen LogP contribution is 2.45. The van der Waals surface area contributed by atoms with Gasteiger partial charge in [0.2, 0.25) is 0 Å². The van der Waals surface area contributed by atoms with E-state index in [0.29, 0.717) is 5.41 Å². The molecule has 2 atom stereocenters. The van der Waals surface area contributed by atoms with Gasteiger partial charge in [-0.2, -0.15) is 0 Å². The van der Waals surface area contributed by atoms with E-state index in [4.69, 9.17) is 4.74 Å². The average molecular weight is 211 g/mol. The lowest BCUT2D eigenvalue weighted by atomic mass is 9.69. The van der Waals surface area contributed by atoms with E-state index >= 15 is 0 Å². The second kappa shape index (κ2) is 4.12. The van der Waals surface area contributed by atoms with Crippen LogP contribution in [0.1, 0.15) is 32.1 Å². The topological polar surface area (TPSA) is 29.5 Å². The van der Waals surface area contributed by atoms with E-state index in [1.54, 1.807) is 0 Å². The monoisotopic (exact) mass is 211 g/mol. The first kappa shape index (κ1) is 10.9. The van der Waals surface area contributed by atoms with Crippen molar-refractivity contribution < 1.29 is 9.53 Å². The van der Waals surface area contributed by atoms with Crippen LogP contribution >= 0.6 is 0 Å². The fraction of sp³-hybridized carbons (Fsp3) is 0.917. The molecule has 2 rings (SSSR count). The van der Waals surface area contributed by atoms with E-state index in [9.17, 15) is 4.79 Å². The lowest BCUT2D eigenvalue weighted by molar-refractivity contribution is -0.148. The molecule has 1 heterocycles. The van der Waals surface area contributed by atoms with Crippen LogP contribution in [0, 0.1) is 11.3 Å². The number of ether oxygens (including phenoxy) is 1. The molecule has 2 aliphatic rings. The molecule has 86 valence electrons. The standard InChI is InChI=1S/C12H21NO2/c1-13-7-6-12(9-13)5-3-4-10(8-12)11(14)15-2/h10H,3-9H2,1-2H3. The zero-order chi connectivity index (χ0) is 10.9. The molecule has 1 saturated heterocycles. The first-order valence-electron chi connectivity index (χ1n) is 5.92. The minimum atomic E-state index is 0.00336. The van der Waals surface area contributed by atoms with Gasteiger partial charge in [0.15, 0.2) is 0 Å². The summed E-state index contributed by atoms with van der Waals surface area (Å²) in [5.74, 6) is 0.166. The normalized spacial score (nSPS) is 37.1. The zero-order valence-corrected chi connectivity index (χ0v) is 9.79. The third kappa shape index (κ3) is 2.17. The smallest absolute Gasteiger partial charge is 0.308 e. The van der Waals surface area contributed by atoms with Gasteiger partial charge in [-0.3, -0.25) is 4.79 Å². The second-order valence-electron chi connectivity index (χ2n) is 5.30. The van der Waals surface area contributed by atoms with Gasteiger partial charge in [-0.1, -0.05) is 6.42 Å². The van der Waals surface area contributed by atoms with Gasteiger partial charge in [-0.05, 0) is 44.7 Å². The molecule has 1 aliphatic carbocycles. The summed E-state index contributed by atoms with van der Waals surface area (Å²) < 4.78 is 4.87. The molecular weight excluding hydrogens is 190 g/mol. The van der Waals surface area contributed by atoms with Crippen LogP contribution in [0.5, 0.6) is 0 Å². The summed E-state index contributed by atoms with van der Waals surface area (Å²) in [6.45, 7) is 2.36. The summed E-state index contributed by atoms with van der Waals surface area (Å²) >= 11 is 0. The lowest BCUT2D eigenvalue weighted by Gasteiger charge is -2.36. The average Bonchev–Trinajstić information content (AvgIpc) is 2.59. The molecule has 0 radical (unpaired) electrons. The van der Waals surface area contributed by atoms with Gasteiger partial charge in [0, 0.05) is 6.54 Å². The fourth-order valence-electron chi connectivity index (χ4n) is 3.35. The van der Waals surface area contributed by atoms with Gasteiger partial charge in [-0.25, -0.2) is 0 Å². The highest BCUT2D eigenvalue weighted by molar-refractivity contribution is 5.72. The number of rotatable bonds is 1. The van der Waals surface area contributed by atoms with Crippen LogP contribution in [0.25, 0.3) is 0 Å².